The molecule has 0 aliphatic rings. The first-order valence-corrected chi connectivity index (χ1v) is 7.50. The van der Waals surface area contributed by atoms with Gasteiger partial charge in [-0.15, -0.1) is 0 Å². The quantitative estimate of drug-likeness (QED) is 0.882. The van der Waals surface area contributed by atoms with Gasteiger partial charge in [-0.3, -0.25) is 4.68 Å². The van der Waals surface area contributed by atoms with Gasteiger partial charge in [0.05, 0.1) is 5.69 Å². The van der Waals surface area contributed by atoms with Crippen LogP contribution in [0.15, 0.2) is 24.3 Å². The molecule has 2 rings (SSSR count). The molecule has 1 aromatic heterocycles. The monoisotopic (exact) mass is 289 g/mol. The summed E-state index contributed by atoms with van der Waals surface area (Å²) in [4.78, 5) is 0. The fourth-order valence-electron chi connectivity index (χ4n) is 2.52. The molecule has 0 aliphatic carbocycles. The summed E-state index contributed by atoms with van der Waals surface area (Å²) in [7, 11) is 1.95. The Morgan fingerprint density at radius 1 is 1.29 bits per heavy atom. The minimum atomic E-state index is -0.142. The SMILES string of the molecule is CCCNC(Cc1cc(C)nn1C)c1ccc(C)c(F)c1. The van der Waals surface area contributed by atoms with Crippen molar-refractivity contribution in [2.24, 2.45) is 7.05 Å². The van der Waals surface area contributed by atoms with Gasteiger partial charge in [-0.2, -0.15) is 5.10 Å². The molecular weight excluding hydrogens is 265 g/mol. The summed E-state index contributed by atoms with van der Waals surface area (Å²) >= 11 is 0. The highest BCUT2D eigenvalue weighted by atomic mass is 19.1. The number of hydrogen-bond donors (Lipinski definition) is 1. The third-order valence-corrected chi connectivity index (χ3v) is 3.75. The van der Waals surface area contributed by atoms with Crippen LogP contribution in [-0.2, 0) is 13.5 Å². The molecule has 1 aromatic carbocycles. The van der Waals surface area contributed by atoms with Crippen LogP contribution in [-0.4, -0.2) is 16.3 Å². The van der Waals surface area contributed by atoms with Crippen LogP contribution in [0.2, 0.25) is 0 Å². The molecule has 2 aromatic rings. The zero-order chi connectivity index (χ0) is 15.4. The molecule has 0 radical (unpaired) electrons. The first-order valence-electron chi connectivity index (χ1n) is 7.50. The predicted octanol–water partition coefficient (Wildman–Crippen LogP) is 3.46. The van der Waals surface area contributed by atoms with Crippen LogP contribution in [0.4, 0.5) is 4.39 Å². The number of rotatable bonds is 6. The molecule has 0 spiro atoms. The van der Waals surface area contributed by atoms with Gasteiger partial charge < -0.3 is 5.32 Å². The minimum absolute atomic E-state index is 0.106. The Balaban J connectivity index is 2.24. The highest BCUT2D eigenvalue weighted by Crippen LogP contribution is 2.21. The first-order chi connectivity index (χ1) is 10.0. The van der Waals surface area contributed by atoms with Crippen molar-refractivity contribution in [2.75, 3.05) is 6.54 Å². The van der Waals surface area contributed by atoms with Crippen molar-refractivity contribution < 1.29 is 4.39 Å². The van der Waals surface area contributed by atoms with E-state index in [0.717, 1.165) is 36.3 Å². The van der Waals surface area contributed by atoms with Gasteiger partial charge in [0.25, 0.3) is 0 Å². The lowest BCUT2D eigenvalue weighted by Gasteiger charge is -2.19. The number of hydrogen-bond acceptors (Lipinski definition) is 2. The van der Waals surface area contributed by atoms with Gasteiger partial charge in [-0.05, 0) is 50.1 Å². The Hall–Kier alpha value is -1.68. The molecule has 0 fully saturated rings. The standard InChI is InChI=1S/C17H24FN3/c1-5-8-19-17(11-15-9-13(3)20-21(15)4)14-7-6-12(2)16(18)10-14/h6-7,9-10,17,19H,5,8,11H2,1-4H3. The molecule has 4 heteroatoms. The molecule has 0 bridgehead atoms. The second-order valence-corrected chi connectivity index (χ2v) is 5.62. The highest BCUT2D eigenvalue weighted by molar-refractivity contribution is 5.27. The van der Waals surface area contributed by atoms with Gasteiger partial charge in [-0.1, -0.05) is 19.1 Å². The van der Waals surface area contributed by atoms with Crippen LogP contribution >= 0.6 is 0 Å². The van der Waals surface area contributed by atoms with Crippen molar-refractivity contribution in [3.8, 4) is 0 Å². The van der Waals surface area contributed by atoms with E-state index in [-0.39, 0.29) is 11.9 Å². The van der Waals surface area contributed by atoms with Crippen LogP contribution < -0.4 is 5.32 Å². The van der Waals surface area contributed by atoms with Gasteiger partial charge in [0.1, 0.15) is 5.82 Å². The fourth-order valence-corrected chi connectivity index (χ4v) is 2.52. The zero-order valence-electron chi connectivity index (χ0n) is 13.3. The third-order valence-electron chi connectivity index (χ3n) is 3.75. The maximum absolute atomic E-state index is 13.8. The number of aromatic nitrogens is 2. The van der Waals surface area contributed by atoms with Crippen molar-refractivity contribution >= 4 is 0 Å². The number of nitrogens with one attached hydrogen (secondary N) is 1. The molecule has 0 amide bonds. The maximum atomic E-state index is 13.8. The van der Waals surface area contributed by atoms with Crippen LogP contribution in [0.25, 0.3) is 0 Å². The van der Waals surface area contributed by atoms with Crippen LogP contribution in [0.3, 0.4) is 0 Å². The topological polar surface area (TPSA) is 29.9 Å². The molecule has 1 heterocycles. The minimum Gasteiger partial charge on any atom is -0.310 e. The Morgan fingerprint density at radius 2 is 2.05 bits per heavy atom. The summed E-state index contributed by atoms with van der Waals surface area (Å²) in [5, 5.41) is 7.89. The van der Waals surface area contributed by atoms with Crippen LogP contribution in [0.1, 0.15) is 41.9 Å². The van der Waals surface area contributed by atoms with Crippen molar-refractivity contribution in [3.63, 3.8) is 0 Å². The lowest BCUT2D eigenvalue weighted by Crippen LogP contribution is -2.25. The summed E-state index contributed by atoms with van der Waals surface area (Å²) in [6.07, 6.45) is 1.86. The molecule has 21 heavy (non-hydrogen) atoms. The molecule has 1 atom stereocenters. The largest absolute Gasteiger partial charge is 0.310 e. The van der Waals surface area contributed by atoms with Crippen molar-refractivity contribution in [2.45, 2.75) is 39.7 Å². The van der Waals surface area contributed by atoms with E-state index in [1.165, 1.54) is 0 Å². The van der Waals surface area contributed by atoms with Crippen LogP contribution in [0, 0.1) is 19.7 Å². The van der Waals surface area contributed by atoms with Crippen molar-refractivity contribution in [1.82, 2.24) is 15.1 Å². The average molecular weight is 289 g/mol. The summed E-state index contributed by atoms with van der Waals surface area (Å²) < 4.78 is 15.7. The highest BCUT2D eigenvalue weighted by Gasteiger charge is 2.15. The Labute approximate surface area is 126 Å². The van der Waals surface area contributed by atoms with E-state index in [9.17, 15) is 4.39 Å². The van der Waals surface area contributed by atoms with E-state index >= 15 is 0 Å². The Kier molecular flexibility index (Phi) is 5.12. The Bertz CT molecular complexity index is 604. The van der Waals surface area contributed by atoms with E-state index in [4.69, 9.17) is 0 Å². The molecule has 3 nitrogen and oxygen atoms in total. The second kappa shape index (κ2) is 6.85. The summed E-state index contributed by atoms with van der Waals surface area (Å²) in [6, 6.07) is 7.70. The number of aryl methyl sites for hydroxylation is 3. The molecule has 1 N–H and O–H groups in total. The lowest BCUT2D eigenvalue weighted by molar-refractivity contribution is 0.508. The lowest BCUT2D eigenvalue weighted by atomic mass is 10.00. The second-order valence-electron chi connectivity index (χ2n) is 5.62. The van der Waals surface area contributed by atoms with Gasteiger partial charge >= 0.3 is 0 Å². The van der Waals surface area contributed by atoms with Gasteiger partial charge in [-0.25, -0.2) is 4.39 Å². The van der Waals surface area contributed by atoms with Crippen LogP contribution in [0.5, 0.6) is 0 Å². The molecular formula is C17H24FN3. The van der Waals surface area contributed by atoms with Crippen molar-refractivity contribution in [3.05, 3.63) is 52.6 Å². The molecule has 114 valence electrons. The summed E-state index contributed by atoms with van der Waals surface area (Å²) in [6.45, 7) is 6.83. The molecule has 1 unspecified atom stereocenters. The van der Waals surface area contributed by atoms with E-state index in [1.807, 2.05) is 30.8 Å². The fraction of sp³-hybridized carbons (Fsp3) is 0.471. The third kappa shape index (κ3) is 3.91. The number of nitrogens with zero attached hydrogens (tertiary/aromatic N) is 2. The maximum Gasteiger partial charge on any atom is 0.126 e. The normalized spacial score (nSPS) is 12.6. The molecule has 0 saturated heterocycles. The number of benzene rings is 1. The Morgan fingerprint density at radius 3 is 2.62 bits per heavy atom. The number of halogens is 1. The van der Waals surface area contributed by atoms with Gasteiger partial charge in [0.2, 0.25) is 0 Å². The molecule has 0 saturated carbocycles. The average Bonchev–Trinajstić information content (AvgIpc) is 2.76. The van der Waals surface area contributed by atoms with Gasteiger partial charge in [0, 0.05) is 25.2 Å². The van der Waals surface area contributed by atoms with Crippen molar-refractivity contribution in [1.29, 1.82) is 0 Å². The smallest absolute Gasteiger partial charge is 0.126 e. The summed E-state index contributed by atoms with van der Waals surface area (Å²) in [5.74, 6) is -0.142. The van der Waals surface area contributed by atoms with E-state index in [0.29, 0.717) is 5.56 Å². The zero-order valence-corrected chi connectivity index (χ0v) is 13.3. The molecule has 0 aliphatic heterocycles. The van der Waals surface area contributed by atoms with E-state index in [2.05, 4.69) is 23.4 Å². The summed E-state index contributed by atoms with van der Waals surface area (Å²) in [5.41, 5.74) is 3.84. The van der Waals surface area contributed by atoms with E-state index in [1.54, 1.807) is 13.0 Å². The predicted molar refractivity (Wildman–Crippen MR) is 83.8 cm³/mol. The first kappa shape index (κ1) is 15.7. The van der Waals surface area contributed by atoms with E-state index < -0.39 is 0 Å². The van der Waals surface area contributed by atoms with Gasteiger partial charge in [0.15, 0.2) is 0 Å².